The zero-order chi connectivity index (χ0) is 11.9. The molecule has 0 aliphatic carbocycles. The summed E-state index contributed by atoms with van der Waals surface area (Å²) in [5.74, 6) is 0.711. The summed E-state index contributed by atoms with van der Waals surface area (Å²) in [6, 6.07) is 19.7. The predicted octanol–water partition coefficient (Wildman–Crippen LogP) is 3.83. The van der Waals surface area contributed by atoms with Gasteiger partial charge in [-0.1, -0.05) is 30.3 Å². The van der Waals surface area contributed by atoms with Crippen molar-refractivity contribution < 1.29 is 4.74 Å². The second kappa shape index (κ2) is 5.64. The van der Waals surface area contributed by atoms with Crippen molar-refractivity contribution in [3.8, 4) is 5.75 Å². The Labute approximate surface area is 100 Å². The highest BCUT2D eigenvalue weighted by Gasteiger charge is 1.96. The first-order valence-electron chi connectivity index (χ1n) is 5.24. The molecular weight excluding hydrogens is 212 g/mol. The standard InChI is InChI=1S/C14H12N2O/c1-17-14-10-6-5-9-13(14)16-11-15-12-7-3-2-4-8-12/h2-10H,1H3. The molecule has 0 saturated heterocycles. The van der Waals surface area contributed by atoms with E-state index in [2.05, 4.69) is 16.0 Å². The Hall–Kier alpha value is -2.38. The molecule has 0 aromatic heterocycles. The number of rotatable bonds is 3. The van der Waals surface area contributed by atoms with Gasteiger partial charge in [-0.25, -0.2) is 0 Å². The van der Waals surface area contributed by atoms with Gasteiger partial charge >= 0.3 is 0 Å². The molecule has 17 heavy (non-hydrogen) atoms. The summed E-state index contributed by atoms with van der Waals surface area (Å²) in [6.07, 6.45) is 0. The molecule has 0 radical (unpaired) electrons. The number of hydrogen-bond donors (Lipinski definition) is 0. The molecule has 0 aliphatic heterocycles. The van der Waals surface area contributed by atoms with E-state index < -0.39 is 0 Å². The van der Waals surface area contributed by atoms with Crippen LogP contribution in [0.25, 0.3) is 0 Å². The van der Waals surface area contributed by atoms with Crippen LogP contribution in [0.1, 0.15) is 0 Å². The number of ether oxygens (including phenoxy) is 1. The molecule has 0 saturated carbocycles. The Bertz CT molecular complexity index is 543. The molecule has 0 unspecified atom stereocenters. The predicted molar refractivity (Wildman–Crippen MR) is 68.6 cm³/mol. The van der Waals surface area contributed by atoms with Crippen molar-refractivity contribution in [1.29, 1.82) is 0 Å². The van der Waals surface area contributed by atoms with E-state index in [1.54, 1.807) is 7.11 Å². The molecule has 2 rings (SSSR count). The van der Waals surface area contributed by atoms with Gasteiger partial charge in [0.15, 0.2) is 0 Å². The quantitative estimate of drug-likeness (QED) is 0.729. The van der Waals surface area contributed by atoms with E-state index in [0.717, 1.165) is 11.4 Å². The Kier molecular flexibility index (Phi) is 3.68. The summed E-state index contributed by atoms with van der Waals surface area (Å²) in [6.45, 7) is 0. The molecule has 0 amide bonds. The first-order valence-corrected chi connectivity index (χ1v) is 5.24. The molecule has 0 N–H and O–H groups in total. The third kappa shape index (κ3) is 3.03. The summed E-state index contributed by atoms with van der Waals surface area (Å²) in [7, 11) is 1.61. The second-order valence-corrected chi connectivity index (χ2v) is 3.33. The maximum atomic E-state index is 5.17. The van der Waals surface area contributed by atoms with E-state index in [0.29, 0.717) is 5.75 Å². The third-order valence-electron chi connectivity index (χ3n) is 2.19. The topological polar surface area (TPSA) is 34.0 Å². The minimum atomic E-state index is 0.711. The molecule has 0 fully saturated rings. The first-order chi connectivity index (χ1) is 8.40. The van der Waals surface area contributed by atoms with Gasteiger partial charge in [-0.3, -0.25) is 0 Å². The molecule has 0 bridgehead atoms. The van der Waals surface area contributed by atoms with Crippen LogP contribution in [-0.2, 0) is 0 Å². The fourth-order valence-electron chi connectivity index (χ4n) is 1.36. The van der Waals surface area contributed by atoms with Crippen LogP contribution in [-0.4, -0.2) is 13.1 Å². The lowest BCUT2D eigenvalue weighted by molar-refractivity contribution is 0.416. The molecule has 3 heteroatoms. The monoisotopic (exact) mass is 224 g/mol. The van der Waals surface area contributed by atoms with E-state index in [-0.39, 0.29) is 0 Å². The van der Waals surface area contributed by atoms with E-state index in [1.807, 2.05) is 54.6 Å². The van der Waals surface area contributed by atoms with Crippen molar-refractivity contribution in [2.75, 3.05) is 7.11 Å². The number of para-hydroxylation sites is 3. The highest BCUT2D eigenvalue weighted by molar-refractivity contribution is 5.61. The molecular formula is C14H12N2O. The normalized spacial score (nSPS) is 9.24. The molecule has 3 nitrogen and oxygen atoms in total. The molecule has 0 spiro atoms. The molecule has 84 valence electrons. The average Bonchev–Trinajstić information content (AvgIpc) is 2.40. The summed E-state index contributed by atoms with van der Waals surface area (Å²) in [5, 5.41) is 0. The Balaban J connectivity index is 2.23. The summed E-state index contributed by atoms with van der Waals surface area (Å²) in [5.41, 5.74) is 1.54. The molecule has 2 aromatic carbocycles. The Morgan fingerprint density at radius 1 is 0.882 bits per heavy atom. The molecule has 0 atom stereocenters. The maximum Gasteiger partial charge on any atom is 0.145 e. The first kappa shape index (κ1) is 11.1. The highest BCUT2D eigenvalue weighted by Crippen LogP contribution is 2.25. The Morgan fingerprint density at radius 2 is 1.59 bits per heavy atom. The smallest absolute Gasteiger partial charge is 0.145 e. The van der Waals surface area contributed by atoms with Crippen LogP contribution >= 0.6 is 0 Å². The highest BCUT2D eigenvalue weighted by atomic mass is 16.5. The molecule has 0 heterocycles. The van der Waals surface area contributed by atoms with Crippen molar-refractivity contribution in [1.82, 2.24) is 0 Å². The SMILES string of the molecule is COc1ccccc1N=C=Nc1ccccc1. The Morgan fingerprint density at radius 3 is 2.35 bits per heavy atom. The lowest BCUT2D eigenvalue weighted by Gasteiger charge is -2.00. The number of aliphatic imine (C=N–C) groups is 2. The van der Waals surface area contributed by atoms with Crippen LogP contribution in [0.4, 0.5) is 11.4 Å². The number of methoxy groups -OCH3 is 1. The summed E-state index contributed by atoms with van der Waals surface area (Å²) < 4.78 is 5.17. The number of hydrogen-bond acceptors (Lipinski definition) is 3. The van der Waals surface area contributed by atoms with Crippen molar-refractivity contribution in [2.45, 2.75) is 0 Å². The number of nitrogens with zero attached hydrogens (tertiary/aromatic N) is 2. The van der Waals surface area contributed by atoms with E-state index in [9.17, 15) is 0 Å². The zero-order valence-electron chi connectivity index (χ0n) is 9.50. The fourth-order valence-corrected chi connectivity index (χ4v) is 1.36. The van der Waals surface area contributed by atoms with Crippen molar-refractivity contribution in [3.63, 3.8) is 0 Å². The van der Waals surface area contributed by atoms with Gasteiger partial charge in [-0.15, -0.1) is 0 Å². The summed E-state index contributed by atoms with van der Waals surface area (Å²) in [4.78, 5) is 8.24. The minimum absolute atomic E-state index is 0.711. The van der Waals surface area contributed by atoms with Gasteiger partial charge in [0, 0.05) is 0 Å². The van der Waals surface area contributed by atoms with Crippen molar-refractivity contribution in [3.05, 3.63) is 54.6 Å². The van der Waals surface area contributed by atoms with E-state index in [1.165, 1.54) is 0 Å². The van der Waals surface area contributed by atoms with Crippen LogP contribution < -0.4 is 4.74 Å². The van der Waals surface area contributed by atoms with Gasteiger partial charge in [-0.2, -0.15) is 9.98 Å². The van der Waals surface area contributed by atoms with E-state index >= 15 is 0 Å². The van der Waals surface area contributed by atoms with Gasteiger partial charge in [0.05, 0.1) is 12.8 Å². The largest absolute Gasteiger partial charge is 0.494 e. The van der Waals surface area contributed by atoms with Gasteiger partial charge in [0.25, 0.3) is 0 Å². The lowest BCUT2D eigenvalue weighted by Crippen LogP contribution is -1.81. The van der Waals surface area contributed by atoms with Crippen LogP contribution in [0.15, 0.2) is 64.6 Å². The van der Waals surface area contributed by atoms with Gasteiger partial charge < -0.3 is 4.74 Å². The van der Waals surface area contributed by atoms with Crippen molar-refractivity contribution in [2.24, 2.45) is 9.98 Å². The maximum absolute atomic E-state index is 5.17. The lowest BCUT2D eigenvalue weighted by atomic mass is 10.3. The van der Waals surface area contributed by atoms with Crippen LogP contribution in [0, 0.1) is 0 Å². The van der Waals surface area contributed by atoms with Crippen LogP contribution in [0.2, 0.25) is 0 Å². The second-order valence-electron chi connectivity index (χ2n) is 3.33. The molecule has 0 aliphatic rings. The van der Waals surface area contributed by atoms with Gasteiger partial charge in [0.2, 0.25) is 0 Å². The minimum Gasteiger partial charge on any atom is -0.494 e. The zero-order valence-corrected chi connectivity index (χ0v) is 9.50. The fraction of sp³-hybridized carbons (Fsp3) is 0.0714. The van der Waals surface area contributed by atoms with Gasteiger partial charge in [0.1, 0.15) is 17.4 Å². The average molecular weight is 224 g/mol. The van der Waals surface area contributed by atoms with Crippen molar-refractivity contribution >= 4 is 17.4 Å². The van der Waals surface area contributed by atoms with Crippen LogP contribution in [0.5, 0.6) is 5.75 Å². The third-order valence-corrected chi connectivity index (χ3v) is 2.19. The summed E-state index contributed by atoms with van der Waals surface area (Å²) >= 11 is 0. The van der Waals surface area contributed by atoms with E-state index in [4.69, 9.17) is 4.74 Å². The number of benzene rings is 2. The van der Waals surface area contributed by atoms with Gasteiger partial charge in [-0.05, 0) is 24.3 Å². The molecule has 2 aromatic rings. The van der Waals surface area contributed by atoms with Crippen LogP contribution in [0.3, 0.4) is 0 Å².